The Bertz CT molecular complexity index is 1170. The average Bonchev–Trinajstić information content (AvgIpc) is 2.65. The van der Waals surface area contributed by atoms with Crippen LogP contribution in [-0.2, 0) is 19.7 Å². The van der Waals surface area contributed by atoms with Crippen LogP contribution in [0, 0.1) is 33.8 Å². The zero-order chi connectivity index (χ0) is 20.7. The van der Waals surface area contributed by atoms with E-state index in [2.05, 4.69) is 6.07 Å². The molecule has 3 rings (SSSR count). The first-order chi connectivity index (χ1) is 13.0. The van der Waals surface area contributed by atoms with Gasteiger partial charge in [0.25, 0.3) is 0 Å². The number of rotatable bonds is 4. The number of hydrogen-bond donors (Lipinski definition) is 0. The Morgan fingerprint density at radius 3 is 1.68 bits per heavy atom. The van der Waals surface area contributed by atoms with Gasteiger partial charge in [-0.3, -0.25) is 0 Å². The number of sulfone groups is 2. The van der Waals surface area contributed by atoms with E-state index in [9.17, 15) is 16.8 Å². The van der Waals surface area contributed by atoms with Crippen molar-refractivity contribution in [3.05, 3.63) is 82.9 Å². The summed E-state index contributed by atoms with van der Waals surface area (Å²) >= 11 is 0. The van der Waals surface area contributed by atoms with E-state index in [0.29, 0.717) is 11.1 Å². The normalized spacial score (nSPS) is 12.1. The van der Waals surface area contributed by atoms with Gasteiger partial charge >= 0.3 is 0 Å². The lowest BCUT2D eigenvalue weighted by Crippen LogP contribution is -2.08. The summed E-state index contributed by atoms with van der Waals surface area (Å²) in [6.07, 6.45) is 0. The lowest BCUT2D eigenvalue weighted by atomic mass is 10.2. The molecule has 0 aromatic heterocycles. The largest absolute Gasteiger partial charge is 0.219 e. The van der Waals surface area contributed by atoms with Gasteiger partial charge in [-0.2, -0.15) is 0 Å². The van der Waals surface area contributed by atoms with E-state index < -0.39 is 19.7 Å². The molecule has 0 aliphatic rings. The lowest BCUT2D eigenvalue weighted by molar-refractivity contribution is 0.593. The van der Waals surface area contributed by atoms with Crippen LogP contribution < -0.4 is 0 Å². The maximum Gasteiger partial charge on any atom is 0.207 e. The second-order valence-corrected chi connectivity index (χ2v) is 10.7. The molecule has 0 saturated heterocycles. The molecule has 0 heterocycles. The van der Waals surface area contributed by atoms with E-state index in [1.54, 1.807) is 38.1 Å². The first kappa shape index (κ1) is 20.3. The zero-order valence-corrected chi connectivity index (χ0v) is 17.8. The first-order valence-corrected chi connectivity index (χ1v) is 11.7. The fraction of sp³-hybridized carbons (Fsp3) is 0.182. The topological polar surface area (TPSA) is 68.3 Å². The van der Waals surface area contributed by atoms with Gasteiger partial charge in [0.05, 0.1) is 19.6 Å². The van der Waals surface area contributed by atoms with Crippen LogP contribution in [-0.4, -0.2) is 16.8 Å². The fourth-order valence-electron chi connectivity index (χ4n) is 2.99. The average molecular weight is 414 g/mol. The molecular weight excluding hydrogens is 392 g/mol. The van der Waals surface area contributed by atoms with E-state index >= 15 is 0 Å². The Balaban J connectivity index is 2.17. The maximum absolute atomic E-state index is 13.1. The minimum atomic E-state index is -3.90. The summed E-state index contributed by atoms with van der Waals surface area (Å²) in [6, 6.07) is 16.9. The van der Waals surface area contributed by atoms with Crippen LogP contribution >= 0.6 is 0 Å². The number of aryl methyl sites for hydroxylation is 4. The van der Waals surface area contributed by atoms with Crippen molar-refractivity contribution in [2.75, 3.05) is 0 Å². The Labute approximate surface area is 166 Å². The smallest absolute Gasteiger partial charge is 0.207 e. The van der Waals surface area contributed by atoms with Crippen LogP contribution in [0.15, 0.2) is 74.2 Å². The van der Waals surface area contributed by atoms with E-state index in [1.165, 1.54) is 18.2 Å². The third-order valence-electron chi connectivity index (χ3n) is 4.61. The molecule has 0 unspecified atom stereocenters. The van der Waals surface area contributed by atoms with Crippen molar-refractivity contribution in [1.29, 1.82) is 0 Å². The lowest BCUT2D eigenvalue weighted by Gasteiger charge is -2.12. The van der Waals surface area contributed by atoms with Crippen LogP contribution in [0.25, 0.3) is 0 Å². The molecule has 3 aromatic rings. The summed E-state index contributed by atoms with van der Waals surface area (Å²) in [4.78, 5) is 0.107. The van der Waals surface area contributed by atoms with Crippen molar-refractivity contribution in [3.8, 4) is 0 Å². The van der Waals surface area contributed by atoms with Crippen LogP contribution in [0.3, 0.4) is 0 Å². The van der Waals surface area contributed by atoms with Gasteiger partial charge in [-0.1, -0.05) is 30.3 Å². The zero-order valence-electron chi connectivity index (χ0n) is 16.1. The molecule has 4 nitrogen and oxygen atoms in total. The molecule has 0 atom stereocenters. The molecule has 0 aliphatic carbocycles. The van der Waals surface area contributed by atoms with Crippen LogP contribution in [0.4, 0.5) is 0 Å². The first-order valence-electron chi connectivity index (χ1n) is 8.70. The molecule has 0 bridgehead atoms. The quantitative estimate of drug-likeness (QED) is 0.636. The fourth-order valence-corrected chi connectivity index (χ4v) is 6.24. The van der Waals surface area contributed by atoms with Crippen molar-refractivity contribution in [1.82, 2.24) is 0 Å². The summed E-state index contributed by atoms with van der Waals surface area (Å²) < 4.78 is 52.5. The van der Waals surface area contributed by atoms with Gasteiger partial charge in [-0.05, 0) is 74.2 Å². The maximum atomic E-state index is 13.1. The highest BCUT2D eigenvalue weighted by molar-refractivity contribution is 7.92. The Morgan fingerprint density at radius 2 is 1.14 bits per heavy atom. The van der Waals surface area contributed by atoms with Crippen molar-refractivity contribution in [3.63, 3.8) is 0 Å². The second-order valence-electron chi connectivity index (χ2n) is 6.93. The summed E-state index contributed by atoms with van der Waals surface area (Å²) in [7, 11) is -7.76. The van der Waals surface area contributed by atoms with E-state index in [0.717, 1.165) is 11.1 Å². The van der Waals surface area contributed by atoms with Crippen molar-refractivity contribution in [2.45, 2.75) is 47.3 Å². The van der Waals surface area contributed by atoms with Crippen LogP contribution in [0.5, 0.6) is 0 Å². The van der Waals surface area contributed by atoms with E-state index in [4.69, 9.17) is 0 Å². The Kier molecular flexibility index (Phi) is 5.21. The molecule has 0 N–H and O–H groups in total. The van der Waals surface area contributed by atoms with Gasteiger partial charge in [0.1, 0.15) is 0 Å². The summed E-state index contributed by atoms with van der Waals surface area (Å²) in [5, 5.41) is 0. The van der Waals surface area contributed by atoms with Gasteiger partial charge in [0.15, 0.2) is 0 Å². The Morgan fingerprint density at radius 1 is 0.643 bits per heavy atom. The van der Waals surface area contributed by atoms with Gasteiger partial charge < -0.3 is 0 Å². The second kappa shape index (κ2) is 7.18. The van der Waals surface area contributed by atoms with Gasteiger partial charge in [-0.15, -0.1) is 0 Å². The summed E-state index contributed by atoms with van der Waals surface area (Å²) in [5.74, 6) is 0. The standard InChI is InChI=1S/C22H21O4S2/c1-15-8-10-17(3)21(12-15)27(23,24)19-6-5-7-20(14-19)28(25,26)22-13-16(2)9-11-18(22)4/h5-6,8-14H,1-4H3. The van der Waals surface area contributed by atoms with Gasteiger partial charge in [-0.25, -0.2) is 16.8 Å². The van der Waals surface area contributed by atoms with Crippen LogP contribution in [0.2, 0.25) is 0 Å². The predicted octanol–water partition coefficient (Wildman–Crippen LogP) is 4.39. The number of hydrogen-bond acceptors (Lipinski definition) is 4. The molecule has 145 valence electrons. The molecule has 1 radical (unpaired) electrons. The minimum Gasteiger partial charge on any atom is -0.219 e. The molecule has 0 amide bonds. The molecule has 0 spiro atoms. The van der Waals surface area contributed by atoms with E-state index in [-0.39, 0.29) is 19.6 Å². The molecule has 3 aromatic carbocycles. The molecule has 0 aliphatic heterocycles. The monoisotopic (exact) mass is 413 g/mol. The SMILES string of the molecule is Cc1ccc(C)c(S(=O)(=O)c2[c]ccc(S(=O)(=O)c3cc(C)ccc3C)c2)c1. The van der Waals surface area contributed by atoms with Gasteiger partial charge in [0, 0.05) is 6.07 Å². The third-order valence-corrected chi connectivity index (χ3v) is 8.34. The predicted molar refractivity (Wildman–Crippen MR) is 108 cm³/mol. The third kappa shape index (κ3) is 3.62. The summed E-state index contributed by atoms with van der Waals surface area (Å²) in [6.45, 7) is 7.05. The Hall–Kier alpha value is -2.44. The van der Waals surface area contributed by atoms with Crippen molar-refractivity contribution < 1.29 is 16.8 Å². The molecule has 0 saturated carbocycles. The minimum absolute atomic E-state index is 0.0659. The highest BCUT2D eigenvalue weighted by atomic mass is 32.2. The van der Waals surface area contributed by atoms with Gasteiger partial charge in [0.2, 0.25) is 19.7 Å². The molecule has 28 heavy (non-hydrogen) atoms. The highest BCUT2D eigenvalue weighted by Crippen LogP contribution is 2.29. The molecule has 0 fully saturated rings. The molecular formula is C22H21O4S2. The number of benzene rings is 3. The van der Waals surface area contributed by atoms with Crippen molar-refractivity contribution in [2.24, 2.45) is 0 Å². The van der Waals surface area contributed by atoms with Crippen LogP contribution in [0.1, 0.15) is 22.3 Å². The van der Waals surface area contributed by atoms with E-state index in [1.807, 2.05) is 26.0 Å². The van der Waals surface area contributed by atoms with Crippen molar-refractivity contribution >= 4 is 19.7 Å². The molecule has 6 heteroatoms. The summed E-state index contributed by atoms with van der Waals surface area (Å²) in [5.41, 5.74) is 2.83. The highest BCUT2D eigenvalue weighted by Gasteiger charge is 2.25.